The number of sulfonamides is 1. The van der Waals surface area contributed by atoms with Crippen molar-refractivity contribution >= 4 is 27.0 Å². The zero-order valence-corrected chi connectivity index (χ0v) is 13.0. The minimum absolute atomic E-state index is 0.0881. The van der Waals surface area contributed by atoms with E-state index in [0.29, 0.717) is 24.4 Å². The number of benzene rings is 1. The monoisotopic (exact) mass is 327 g/mol. The Balaban J connectivity index is 1.69. The van der Waals surface area contributed by atoms with E-state index in [0.717, 1.165) is 5.01 Å². The Hall–Kier alpha value is -1.64. The Kier molecular flexibility index (Phi) is 5.54. The molecule has 8 heteroatoms. The van der Waals surface area contributed by atoms with Crippen molar-refractivity contribution in [2.75, 3.05) is 24.6 Å². The molecule has 1 heterocycles. The Morgan fingerprint density at radius 2 is 2.05 bits per heavy atom. The van der Waals surface area contributed by atoms with Crippen LogP contribution >= 0.6 is 11.3 Å². The highest BCUT2D eigenvalue weighted by molar-refractivity contribution is 7.89. The SMILES string of the molecule is Nc1ccc(OCCS(=O)(=O)NCCc2nccs2)cc1. The fourth-order valence-corrected chi connectivity index (χ4v) is 3.08. The Morgan fingerprint density at radius 3 is 2.71 bits per heavy atom. The zero-order valence-electron chi connectivity index (χ0n) is 11.4. The number of nitrogens with zero attached hydrogens (tertiary/aromatic N) is 1. The van der Waals surface area contributed by atoms with Crippen LogP contribution in [0.4, 0.5) is 5.69 Å². The van der Waals surface area contributed by atoms with Crippen molar-refractivity contribution < 1.29 is 13.2 Å². The minimum atomic E-state index is -3.34. The van der Waals surface area contributed by atoms with Gasteiger partial charge in [0.25, 0.3) is 0 Å². The molecule has 114 valence electrons. The maximum absolute atomic E-state index is 11.8. The van der Waals surface area contributed by atoms with Gasteiger partial charge in [-0.15, -0.1) is 11.3 Å². The summed E-state index contributed by atoms with van der Waals surface area (Å²) in [6, 6.07) is 6.82. The third-order valence-corrected chi connectivity index (χ3v) is 4.83. The standard InChI is InChI=1S/C13H17N3O3S2/c14-11-1-3-12(4-2-11)19-8-10-21(17,18)16-6-5-13-15-7-9-20-13/h1-4,7,9,16H,5-6,8,10,14H2. The predicted molar refractivity (Wildman–Crippen MR) is 84.0 cm³/mol. The summed E-state index contributed by atoms with van der Waals surface area (Å²) in [5, 5.41) is 2.78. The number of nitrogen functional groups attached to an aromatic ring is 1. The van der Waals surface area contributed by atoms with E-state index in [2.05, 4.69) is 9.71 Å². The van der Waals surface area contributed by atoms with Gasteiger partial charge in [0.15, 0.2) is 0 Å². The van der Waals surface area contributed by atoms with Gasteiger partial charge in [0.1, 0.15) is 12.4 Å². The summed E-state index contributed by atoms with van der Waals surface area (Å²) in [7, 11) is -3.34. The van der Waals surface area contributed by atoms with E-state index in [-0.39, 0.29) is 12.4 Å². The van der Waals surface area contributed by atoms with E-state index >= 15 is 0 Å². The van der Waals surface area contributed by atoms with Crippen LogP contribution in [0.25, 0.3) is 0 Å². The minimum Gasteiger partial charge on any atom is -0.492 e. The van der Waals surface area contributed by atoms with Crippen LogP contribution in [0, 0.1) is 0 Å². The molecule has 1 aromatic heterocycles. The van der Waals surface area contributed by atoms with E-state index in [1.54, 1.807) is 30.5 Å². The molecule has 1 aromatic carbocycles. The molecular weight excluding hydrogens is 310 g/mol. The first-order valence-electron chi connectivity index (χ1n) is 6.39. The van der Waals surface area contributed by atoms with Gasteiger partial charge in [-0.3, -0.25) is 0 Å². The van der Waals surface area contributed by atoms with Crippen molar-refractivity contribution in [1.82, 2.24) is 9.71 Å². The topological polar surface area (TPSA) is 94.3 Å². The first-order valence-corrected chi connectivity index (χ1v) is 8.92. The van der Waals surface area contributed by atoms with E-state index in [1.165, 1.54) is 11.3 Å². The number of aromatic nitrogens is 1. The van der Waals surface area contributed by atoms with E-state index in [1.807, 2.05) is 5.38 Å². The first kappa shape index (κ1) is 15.7. The average molecular weight is 327 g/mol. The highest BCUT2D eigenvalue weighted by atomic mass is 32.2. The van der Waals surface area contributed by atoms with Crippen molar-refractivity contribution in [3.05, 3.63) is 40.8 Å². The molecule has 3 N–H and O–H groups in total. The van der Waals surface area contributed by atoms with Crippen molar-refractivity contribution in [3.8, 4) is 5.75 Å². The Morgan fingerprint density at radius 1 is 1.29 bits per heavy atom. The summed E-state index contributed by atoms with van der Waals surface area (Å²) in [4.78, 5) is 4.09. The van der Waals surface area contributed by atoms with Crippen LogP contribution in [0.15, 0.2) is 35.8 Å². The molecule has 0 aliphatic heterocycles. The quantitative estimate of drug-likeness (QED) is 0.712. The number of nitrogens with one attached hydrogen (secondary N) is 1. The highest BCUT2D eigenvalue weighted by Crippen LogP contribution is 2.12. The fraction of sp³-hybridized carbons (Fsp3) is 0.308. The van der Waals surface area contributed by atoms with Crippen molar-refractivity contribution in [2.45, 2.75) is 6.42 Å². The third-order valence-electron chi connectivity index (χ3n) is 2.65. The number of nitrogens with two attached hydrogens (primary N) is 1. The molecule has 0 bridgehead atoms. The number of rotatable bonds is 8. The first-order chi connectivity index (χ1) is 10.1. The van der Waals surface area contributed by atoms with Gasteiger partial charge in [0.05, 0.1) is 10.8 Å². The summed E-state index contributed by atoms with van der Waals surface area (Å²) in [5.41, 5.74) is 6.19. The molecule has 2 aromatic rings. The van der Waals surface area contributed by atoms with E-state index < -0.39 is 10.0 Å². The number of hydrogen-bond donors (Lipinski definition) is 2. The predicted octanol–water partition coefficient (Wildman–Crippen LogP) is 1.27. The molecule has 0 atom stereocenters. The fourth-order valence-electron chi connectivity index (χ4n) is 1.60. The largest absolute Gasteiger partial charge is 0.492 e. The molecule has 0 aliphatic carbocycles. The summed E-state index contributed by atoms with van der Waals surface area (Å²) in [6.45, 7) is 0.439. The molecule has 0 spiro atoms. The molecule has 2 rings (SSSR count). The molecule has 0 saturated heterocycles. The lowest BCUT2D eigenvalue weighted by atomic mass is 10.3. The van der Waals surface area contributed by atoms with Gasteiger partial charge in [-0.1, -0.05) is 0 Å². The van der Waals surface area contributed by atoms with Gasteiger partial charge >= 0.3 is 0 Å². The summed E-state index contributed by atoms with van der Waals surface area (Å²) in [5.74, 6) is 0.511. The van der Waals surface area contributed by atoms with Crippen LogP contribution in [-0.4, -0.2) is 32.3 Å². The molecule has 0 fully saturated rings. The third kappa shape index (κ3) is 5.70. The lowest BCUT2D eigenvalue weighted by Crippen LogP contribution is -2.30. The molecule has 0 aliphatic rings. The molecule has 0 unspecified atom stereocenters. The van der Waals surface area contributed by atoms with Crippen molar-refractivity contribution in [1.29, 1.82) is 0 Å². The van der Waals surface area contributed by atoms with Crippen LogP contribution in [0.3, 0.4) is 0 Å². The Labute approximate surface area is 128 Å². The second-order valence-corrected chi connectivity index (χ2v) is 7.21. The molecule has 0 radical (unpaired) electrons. The van der Waals surface area contributed by atoms with E-state index in [9.17, 15) is 8.42 Å². The van der Waals surface area contributed by atoms with Crippen LogP contribution in [0.1, 0.15) is 5.01 Å². The van der Waals surface area contributed by atoms with Gasteiger partial charge in [0.2, 0.25) is 10.0 Å². The summed E-state index contributed by atoms with van der Waals surface area (Å²) in [6.07, 6.45) is 2.30. The number of hydrogen-bond acceptors (Lipinski definition) is 6. The van der Waals surface area contributed by atoms with Gasteiger partial charge in [0, 0.05) is 30.2 Å². The Bertz CT molecular complexity index is 640. The van der Waals surface area contributed by atoms with Gasteiger partial charge in [-0.25, -0.2) is 18.1 Å². The van der Waals surface area contributed by atoms with E-state index in [4.69, 9.17) is 10.5 Å². The molecular formula is C13H17N3O3S2. The smallest absolute Gasteiger partial charge is 0.214 e. The van der Waals surface area contributed by atoms with Crippen LogP contribution in [-0.2, 0) is 16.4 Å². The van der Waals surface area contributed by atoms with Gasteiger partial charge < -0.3 is 10.5 Å². The van der Waals surface area contributed by atoms with Crippen LogP contribution < -0.4 is 15.2 Å². The van der Waals surface area contributed by atoms with Crippen LogP contribution in [0.5, 0.6) is 5.75 Å². The molecule has 0 amide bonds. The van der Waals surface area contributed by atoms with Crippen molar-refractivity contribution in [3.63, 3.8) is 0 Å². The normalized spacial score (nSPS) is 11.4. The summed E-state index contributed by atoms with van der Waals surface area (Å²) >= 11 is 1.51. The molecule has 0 saturated carbocycles. The highest BCUT2D eigenvalue weighted by Gasteiger charge is 2.10. The zero-order chi connectivity index (χ0) is 15.1. The maximum atomic E-state index is 11.8. The second kappa shape index (κ2) is 7.39. The van der Waals surface area contributed by atoms with Crippen LogP contribution in [0.2, 0.25) is 0 Å². The lowest BCUT2D eigenvalue weighted by molar-refractivity contribution is 0.340. The number of anilines is 1. The maximum Gasteiger partial charge on any atom is 0.214 e. The lowest BCUT2D eigenvalue weighted by Gasteiger charge is -2.08. The average Bonchev–Trinajstić information content (AvgIpc) is 2.94. The number of thiazole rings is 1. The number of ether oxygens (including phenoxy) is 1. The summed E-state index contributed by atoms with van der Waals surface area (Å²) < 4.78 is 31.4. The second-order valence-electron chi connectivity index (χ2n) is 4.31. The van der Waals surface area contributed by atoms with Crippen molar-refractivity contribution in [2.24, 2.45) is 0 Å². The molecule has 21 heavy (non-hydrogen) atoms. The van der Waals surface area contributed by atoms with Gasteiger partial charge in [-0.05, 0) is 24.3 Å². The van der Waals surface area contributed by atoms with Gasteiger partial charge in [-0.2, -0.15) is 0 Å². The molecule has 6 nitrogen and oxygen atoms in total.